The van der Waals surface area contributed by atoms with Crippen molar-refractivity contribution >= 4 is 35.2 Å². The van der Waals surface area contributed by atoms with E-state index in [-0.39, 0.29) is 20.1 Å². The fourth-order valence-corrected chi connectivity index (χ4v) is 8.47. The molecule has 3 aromatic heterocycles. The van der Waals surface area contributed by atoms with Crippen molar-refractivity contribution < 1.29 is 24.5 Å². The zero-order chi connectivity index (χ0) is 33.1. The first-order valence-electron chi connectivity index (χ1n) is 17.1. The minimum Gasteiger partial charge on any atom is -0.500 e. The molecule has 5 heteroatoms. The molecule has 0 saturated heterocycles. The normalized spacial score (nSPS) is 13.2. The Morgan fingerprint density at radius 3 is 2.20 bits per heavy atom. The molecule has 1 aliphatic carbocycles. The van der Waals surface area contributed by atoms with E-state index in [4.69, 9.17) is 9.40 Å². The third-order valence-electron chi connectivity index (χ3n) is 9.48. The summed E-state index contributed by atoms with van der Waals surface area (Å²) < 4.78 is 6.05. The van der Waals surface area contributed by atoms with Crippen LogP contribution in [-0.4, -0.2) is 18.0 Å². The van der Waals surface area contributed by atoms with E-state index in [0.717, 1.165) is 55.9 Å². The number of aryl methyl sites for hydroxylation is 1. The van der Waals surface area contributed by atoms with Crippen molar-refractivity contribution in [3.8, 4) is 33.6 Å². The molecule has 0 atom stereocenters. The summed E-state index contributed by atoms with van der Waals surface area (Å²) in [6.07, 6.45) is 10.8. The first-order chi connectivity index (χ1) is 23.3. The molecular formula is C44H42IrN2OSi-2. The Morgan fingerprint density at radius 1 is 0.714 bits per heavy atom. The van der Waals surface area contributed by atoms with Crippen LogP contribution in [-0.2, 0) is 26.5 Å². The number of benzene rings is 4. The summed E-state index contributed by atoms with van der Waals surface area (Å²) in [5, 5.41) is 3.75. The Morgan fingerprint density at radius 2 is 1.49 bits per heavy atom. The van der Waals surface area contributed by atoms with E-state index >= 15 is 0 Å². The molecule has 0 amide bonds. The van der Waals surface area contributed by atoms with Gasteiger partial charge in [-0.1, -0.05) is 124 Å². The van der Waals surface area contributed by atoms with Crippen LogP contribution in [0.3, 0.4) is 0 Å². The summed E-state index contributed by atoms with van der Waals surface area (Å²) in [4.78, 5) is 9.20. The third kappa shape index (κ3) is 8.02. The number of hydrogen-bond acceptors (Lipinski definition) is 3. The largest absolute Gasteiger partial charge is 0.500 e. The van der Waals surface area contributed by atoms with Gasteiger partial charge in [-0.3, -0.25) is 0 Å². The van der Waals surface area contributed by atoms with E-state index < -0.39 is 8.07 Å². The minimum atomic E-state index is -1.36. The fourth-order valence-electron chi connectivity index (χ4n) is 6.88. The number of furan rings is 1. The molecule has 3 nitrogen and oxygen atoms in total. The summed E-state index contributed by atoms with van der Waals surface area (Å²) in [5.74, 6) is 0.877. The Hall–Kier alpha value is -4.15. The Labute approximate surface area is 305 Å². The van der Waals surface area contributed by atoms with Gasteiger partial charge in [0.2, 0.25) is 0 Å². The number of aromatic nitrogens is 2. The predicted molar refractivity (Wildman–Crippen MR) is 203 cm³/mol. The molecule has 7 aromatic rings. The van der Waals surface area contributed by atoms with Crippen LogP contribution in [0.25, 0.3) is 55.6 Å². The van der Waals surface area contributed by atoms with Gasteiger partial charge in [-0.15, -0.1) is 59.2 Å². The van der Waals surface area contributed by atoms with Crippen molar-refractivity contribution in [2.24, 2.45) is 5.92 Å². The van der Waals surface area contributed by atoms with Gasteiger partial charge in [0, 0.05) is 37.9 Å². The molecule has 0 N–H and O–H groups in total. The monoisotopic (exact) mass is 835 g/mol. The third-order valence-corrected chi connectivity index (χ3v) is 11.5. The van der Waals surface area contributed by atoms with Crippen molar-refractivity contribution in [2.75, 3.05) is 0 Å². The topological polar surface area (TPSA) is 38.9 Å². The molecule has 1 radical (unpaired) electrons. The maximum atomic E-state index is 6.05. The average molecular weight is 835 g/mol. The minimum absolute atomic E-state index is 0. The van der Waals surface area contributed by atoms with Gasteiger partial charge >= 0.3 is 0 Å². The predicted octanol–water partition coefficient (Wildman–Crippen LogP) is 11.2. The fraction of sp³-hybridized carbons (Fsp3) is 0.227. The van der Waals surface area contributed by atoms with Crippen LogP contribution in [0.1, 0.15) is 36.8 Å². The van der Waals surface area contributed by atoms with Crippen LogP contribution < -0.4 is 5.19 Å². The molecule has 1 fully saturated rings. The van der Waals surface area contributed by atoms with E-state index in [0.29, 0.717) is 0 Å². The van der Waals surface area contributed by atoms with E-state index in [9.17, 15) is 0 Å². The van der Waals surface area contributed by atoms with Gasteiger partial charge in [-0.2, -0.15) is 0 Å². The van der Waals surface area contributed by atoms with Crippen LogP contribution in [0.5, 0.6) is 0 Å². The first-order valence-corrected chi connectivity index (χ1v) is 20.6. The molecule has 0 spiro atoms. The van der Waals surface area contributed by atoms with Gasteiger partial charge in [-0.25, -0.2) is 0 Å². The van der Waals surface area contributed by atoms with Crippen LogP contribution in [0.2, 0.25) is 19.6 Å². The van der Waals surface area contributed by atoms with Crippen LogP contribution in [0, 0.1) is 25.0 Å². The van der Waals surface area contributed by atoms with E-state index in [2.05, 4.69) is 111 Å². The molecule has 3 heterocycles. The van der Waals surface area contributed by atoms with Gasteiger partial charge < -0.3 is 14.4 Å². The van der Waals surface area contributed by atoms with Gasteiger partial charge in [0.1, 0.15) is 5.58 Å². The molecule has 1 aliphatic rings. The van der Waals surface area contributed by atoms with Crippen LogP contribution in [0.4, 0.5) is 0 Å². The summed E-state index contributed by atoms with van der Waals surface area (Å²) >= 11 is 0. The summed E-state index contributed by atoms with van der Waals surface area (Å²) in [6, 6.07) is 42.0. The van der Waals surface area contributed by atoms with Crippen LogP contribution in [0.15, 0.2) is 120 Å². The first kappa shape index (κ1) is 34.7. The molecule has 249 valence electrons. The van der Waals surface area contributed by atoms with Crippen molar-refractivity contribution in [3.05, 3.63) is 139 Å². The molecule has 8 rings (SSSR count). The average Bonchev–Trinajstić information content (AvgIpc) is 3.76. The molecule has 0 aliphatic heterocycles. The molecule has 1 saturated carbocycles. The molecule has 0 bridgehead atoms. The molecular weight excluding hydrogens is 793 g/mol. The maximum Gasteiger partial charge on any atom is 0.121 e. The van der Waals surface area contributed by atoms with E-state index in [1.807, 2.05) is 42.5 Å². The molecule has 0 unspecified atom stereocenters. The molecule has 49 heavy (non-hydrogen) atoms. The number of fused-ring (bicyclic) bond motifs is 3. The number of nitrogens with zero attached hydrogens (tertiary/aromatic N) is 2. The molecule has 4 aromatic carbocycles. The van der Waals surface area contributed by atoms with Crippen molar-refractivity contribution in [1.29, 1.82) is 0 Å². The van der Waals surface area contributed by atoms with Crippen molar-refractivity contribution in [3.63, 3.8) is 0 Å². The van der Waals surface area contributed by atoms with Crippen molar-refractivity contribution in [2.45, 2.75) is 58.7 Å². The van der Waals surface area contributed by atoms with Gasteiger partial charge in [0.05, 0.1) is 13.7 Å². The van der Waals surface area contributed by atoms with E-state index in [1.165, 1.54) is 43.2 Å². The Balaban J connectivity index is 0.000000167. The summed E-state index contributed by atoms with van der Waals surface area (Å²) in [7, 11) is -1.36. The Bertz CT molecular complexity index is 2150. The zero-order valence-corrected chi connectivity index (χ0v) is 32.1. The summed E-state index contributed by atoms with van der Waals surface area (Å²) in [5.41, 5.74) is 11.0. The quantitative estimate of drug-likeness (QED) is 0.124. The summed E-state index contributed by atoms with van der Waals surface area (Å²) in [6.45, 7) is 9.40. The van der Waals surface area contributed by atoms with Crippen LogP contribution >= 0.6 is 0 Å². The standard InChI is InChI=1S/C23H14NO.C21H28NSi.Ir/c1-2-6-16(7-3-1)17-9-11-19-20-14-18(21-8-4-5-13-24-21)10-12-22(20)25-23(19)15-17;1-16-9-11-18(12-10-16)20-14-19(13-17-7-5-6-8-17)21(15-22-20)23(2,3)4;/h1-9,11-15H;9-11,14-15,17H,5-8,13H2,1-4H3;/q2*-1;. The van der Waals surface area contributed by atoms with Gasteiger partial charge in [-0.05, 0) is 52.2 Å². The maximum absolute atomic E-state index is 6.05. The Kier molecular flexibility index (Phi) is 10.7. The second-order valence-electron chi connectivity index (χ2n) is 14.1. The van der Waals surface area contributed by atoms with Crippen molar-refractivity contribution in [1.82, 2.24) is 9.97 Å². The van der Waals surface area contributed by atoms with Gasteiger partial charge in [0.15, 0.2) is 0 Å². The number of hydrogen-bond donors (Lipinski definition) is 0. The number of pyridine rings is 2. The van der Waals surface area contributed by atoms with E-state index in [1.54, 1.807) is 16.9 Å². The second kappa shape index (κ2) is 15.2. The SMILES string of the molecule is Cc1c[c-]c(-c2cc(CC3CCCC3)c([Si](C)(C)C)cn2)cc1.[Ir].[c-]1cc2oc3cc(-c4ccccc4)ccc3c2cc1-c1ccccn1. The van der Waals surface area contributed by atoms with Gasteiger partial charge in [0.25, 0.3) is 0 Å². The number of rotatable bonds is 6. The smallest absolute Gasteiger partial charge is 0.121 e. The zero-order valence-electron chi connectivity index (χ0n) is 28.7. The second-order valence-corrected chi connectivity index (χ2v) is 19.2.